The SMILES string of the molecule is Cc1nc(NC(C)c2ccccc2)cc(C(=O)NCc2cccnc2)n1. The maximum absolute atomic E-state index is 12.4. The number of nitrogens with zero attached hydrogens (tertiary/aromatic N) is 3. The van der Waals surface area contributed by atoms with E-state index in [1.54, 1.807) is 25.4 Å². The van der Waals surface area contributed by atoms with Crippen molar-refractivity contribution in [1.82, 2.24) is 20.3 Å². The van der Waals surface area contributed by atoms with E-state index in [0.717, 1.165) is 11.1 Å². The first-order chi connectivity index (χ1) is 12.6. The summed E-state index contributed by atoms with van der Waals surface area (Å²) in [7, 11) is 0. The third-order valence-corrected chi connectivity index (χ3v) is 3.91. The van der Waals surface area contributed by atoms with E-state index in [2.05, 4.69) is 32.5 Å². The lowest BCUT2D eigenvalue weighted by atomic mass is 10.1. The van der Waals surface area contributed by atoms with Crippen LogP contribution in [0.2, 0.25) is 0 Å². The Balaban J connectivity index is 1.69. The molecule has 0 saturated carbocycles. The summed E-state index contributed by atoms with van der Waals surface area (Å²) in [5.74, 6) is 0.928. The number of anilines is 1. The molecule has 0 aliphatic heterocycles. The first-order valence-electron chi connectivity index (χ1n) is 8.46. The van der Waals surface area contributed by atoms with Crippen molar-refractivity contribution in [3.8, 4) is 0 Å². The number of aryl methyl sites for hydroxylation is 1. The largest absolute Gasteiger partial charge is 0.363 e. The lowest BCUT2D eigenvalue weighted by Crippen LogP contribution is -2.24. The Morgan fingerprint density at radius 3 is 2.65 bits per heavy atom. The number of aromatic nitrogens is 3. The quantitative estimate of drug-likeness (QED) is 0.715. The van der Waals surface area contributed by atoms with Crippen LogP contribution in [0.1, 0.15) is 40.4 Å². The lowest BCUT2D eigenvalue weighted by molar-refractivity contribution is 0.0945. The number of pyridine rings is 1. The zero-order valence-electron chi connectivity index (χ0n) is 14.8. The van der Waals surface area contributed by atoms with E-state index in [4.69, 9.17) is 0 Å². The number of hydrogen-bond acceptors (Lipinski definition) is 5. The summed E-state index contributed by atoms with van der Waals surface area (Å²) in [6.07, 6.45) is 3.42. The van der Waals surface area contributed by atoms with Crippen molar-refractivity contribution in [2.75, 3.05) is 5.32 Å². The van der Waals surface area contributed by atoms with Gasteiger partial charge in [-0.05, 0) is 31.0 Å². The number of amides is 1. The van der Waals surface area contributed by atoms with E-state index in [1.807, 2.05) is 42.5 Å². The summed E-state index contributed by atoms with van der Waals surface area (Å²) in [4.78, 5) is 25.1. The van der Waals surface area contributed by atoms with Gasteiger partial charge in [0.15, 0.2) is 0 Å². The maximum Gasteiger partial charge on any atom is 0.270 e. The highest BCUT2D eigenvalue weighted by atomic mass is 16.1. The molecule has 1 unspecified atom stereocenters. The van der Waals surface area contributed by atoms with Gasteiger partial charge >= 0.3 is 0 Å². The Labute approximate surface area is 152 Å². The molecular weight excluding hydrogens is 326 g/mol. The van der Waals surface area contributed by atoms with Gasteiger partial charge in [-0.3, -0.25) is 9.78 Å². The van der Waals surface area contributed by atoms with Crippen molar-refractivity contribution in [1.29, 1.82) is 0 Å². The van der Waals surface area contributed by atoms with Crippen LogP contribution in [0.15, 0.2) is 60.9 Å². The fourth-order valence-electron chi connectivity index (χ4n) is 2.58. The Hall–Kier alpha value is -3.28. The molecular formula is C20H21N5O. The van der Waals surface area contributed by atoms with Crippen LogP contribution in [-0.4, -0.2) is 20.9 Å². The van der Waals surface area contributed by atoms with E-state index in [0.29, 0.717) is 23.9 Å². The minimum Gasteiger partial charge on any atom is -0.363 e. The van der Waals surface area contributed by atoms with Crippen LogP contribution in [0.5, 0.6) is 0 Å². The van der Waals surface area contributed by atoms with Gasteiger partial charge in [0.2, 0.25) is 0 Å². The standard InChI is InChI=1S/C20H21N5O/c1-14(17-8-4-3-5-9-17)23-19-11-18(24-15(2)25-19)20(26)22-13-16-7-6-10-21-12-16/h3-12,14H,13H2,1-2H3,(H,22,26)(H,23,24,25). The zero-order valence-corrected chi connectivity index (χ0v) is 14.8. The average Bonchev–Trinajstić information content (AvgIpc) is 2.67. The fraction of sp³-hybridized carbons (Fsp3) is 0.200. The molecule has 0 saturated heterocycles. The van der Waals surface area contributed by atoms with Gasteiger partial charge in [-0.1, -0.05) is 36.4 Å². The van der Waals surface area contributed by atoms with Gasteiger partial charge in [0, 0.05) is 31.0 Å². The van der Waals surface area contributed by atoms with Crippen LogP contribution >= 0.6 is 0 Å². The molecule has 132 valence electrons. The molecule has 0 aliphatic carbocycles. The molecule has 1 atom stereocenters. The van der Waals surface area contributed by atoms with Crippen molar-refractivity contribution >= 4 is 11.7 Å². The Bertz CT molecular complexity index is 868. The molecule has 1 aromatic carbocycles. The van der Waals surface area contributed by atoms with Gasteiger partial charge < -0.3 is 10.6 Å². The molecule has 0 fully saturated rings. The fourth-order valence-corrected chi connectivity index (χ4v) is 2.58. The number of nitrogens with one attached hydrogen (secondary N) is 2. The number of carbonyl (C=O) groups excluding carboxylic acids is 1. The predicted octanol–water partition coefficient (Wildman–Crippen LogP) is 3.28. The Morgan fingerprint density at radius 1 is 1.12 bits per heavy atom. The smallest absolute Gasteiger partial charge is 0.270 e. The molecule has 0 aliphatic rings. The molecule has 2 aromatic heterocycles. The second-order valence-electron chi connectivity index (χ2n) is 6.01. The molecule has 1 amide bonds. The lowest BCUT2D eigenvalue weighted by Gasteiger charge is -2.16. The van der Waals surface area contributed by atoms with E-state index < -0.39 is 0 Å². The highest BCUT2D eigenvalue weighted by Crippen LogP contribution is 2.18. The number of carbonyl (C=O) groups is 1. The number of rotatable bonds is 6. The zero-order chi connectivity index (χ0) is 18.4. The maximum atomic E-state index is 12.4. The van der Waals surface area contributed by atoms with Gasteiger partial charge in [0.25, 0.3) is 5.91 Å². The molecule has 3 rings (SSSR count). The summed E-state index contributed by atoms with van der Waals surface area (Å²) < 4.78 is 0. The monoisotopic (exact) mass is 347 g/mol. The summed E-state index contributed by atoms with van der Waals surface area (Å²) in [6, 6.07) is 15.6. The van der Waals surface area contributed by atoms with Crippen molar-refractivity contribution in [3.05, 3.63) is 83.6 Å². The number of hydrogen-bond donors (Lipinski definition) is 2. The molecule has 2 N–H and O–H groups in total. The van der Waals surface area contributed by atoms with Crippen LogP contribution in [0, 0.1) is 6.92 Å². The molecule has 0 bridgehead atoms. The van der Waals surface area contributed by atoms with E-state index >= 15 is 0 Å². The third-order valence-electron chi connectivity index (χ3n) is 3.91. The molecule has 26 heavy (non-hydrogen) atoms. The summed E-state index contributed by atoms with van der Waals surface area (Å²) in [6.45, 7) is 4.23. The van der Waals surface area contributed by atoms with Crippen molar-refractivity contribution < 1.29 is 4.79 Å². The van der Waals surface area contributed by atoms with Crippen LogP contribution in [0.25, 0.3) is 0 Å². The second kappa shape index (κ2) is 8.20. The van der Waals surface area contributed by atoms with Crippen molar-refractivity contribution in [3.63, 3.8) is 0 Å². The van der Waals surface area contributed by atoms with E-state index in [9.17, 15) is 4.79 Å². The highest BCUT2D eigenvalue weighted by molar-refractivity contribution is 5.92. The summed E-state index contributed by atoms with van der Waals surface area (Å²) in [5.41, 5.74) is 2.41. The number of benzene rings is 1. The molecule has 2 heterocycles. The minimum atomic E-state index is -0.241. The van der Waals surface area contributed by atoms with E-state index in [1.165, 1.54) is 0 Å². The topological polar surface area (TPSA) is 79.8 Å². The first-order valence-corrected chi connectivity index (χ1v) is 8.46. The molecule has 0 spiro atoms. The normalized spacial score (nSPS) is 11.6. The molecule has 6 nitrogen and oxygen atoms in total. The minimum absolute atomic E-state index is 0.0665. The van der Waals surface area contributed by atoms with Crippen LogP contribution in [-0.2, 0) is 6.54 Å². The van der Waals surface area contributed by atoms with Crippen LogP contribution < -0.4 is 10.6 Å². The highest BCUT2D eigenvalue weighted by Gasteiger charge is 2.12. The van der Waals surface area contributed by atoms with Crippen LogP contribution in [0.3, 0.4) is 0 Å². The third kappa shape index (κ3) is 4.63. The second-order valence-corrected chi connectivity index (χ2v) is 6.01. The predicted molar refractivity (Wildman–Crippen MR) is 101 cm³/mol. The van der Waals surface area contributed by atoms with E-state index in [-0.39, 0.29) is 11.9 Å². The Kier molecular flexibility index (Phi) is 5.53. The van der Waals surface area contributed by atoms with Crippen molar-refractivity contribution in [2.45, 2.75) is 26.4 Å². The van der Waals surface area contributed by atoms with Gasteiger partial charge in [-0.25, -0.2) is 9.97 Å². The summed E-state index contributed by atoms with van der Waals surface area (Å²) >= 11 is 0. The molecule has 3 aromatic rings. The van der Waals surface area contributed by atoms with Crippen LogP contribution in [0.4, 0.5) is 5.82 Å². The van der Waals surface area contributed by atoms with Gasteiger partial charge in [-0.2, -0.15) is 0 Å². The summed E-state index contributed by atoms with van der Waals surface area (Å²) in [5, 5.41) is 6.18. The first kappa shape index (κ1) is 17.5. The molecule has 6 heteroatoms. The van der Waals surface area contributed by atoms with Gasteiger partial charge in [0.05, 0.1) is 0 Å². The average molecular weight is 347 g/mol. The van der Waals surface area contributed by atoms with Gasteiger partial charge in [0.1, 0.15) is 17.3 Å². The van der Waals surface area contributed by atoms with Gasteiger partial charge in [-0.15, -0.1) is 0 Å². The molecule has 0 radical (unpaired) electrons. The van der Waals surface area contributed by atoms with Crippen molar-refractivity contribution in [2.24, 2.45) is 0 Å². The Morgan fingerprint density at radius 2 is 1.92 bits per heavy atom.